The Bertz CT molecular complexity index is 257. The second-order valence-corrected chi connectivity index (χ2v) is 5.60. The van der Waals surface area contributed by atoms with Crippen LogP contribution in [0.25, 0.3) is 0 Å². The van der Waals surface area contributed by atoms with E-state index in [9.17, 15) is 0 Å². The van der Waals surface area contributed by atoms with Crippen LogP contribution in [0.2, 0.25) is 0 Å². The van der Waals surface area contributed by atoms with E-state index in [4.69, 9.17) is 0 Å². The fourth-order valence-corrected chi connectivity index (χ4v) is 2.26. The van der Waals surface area contributed by atoms with Gasteiger partial charge < -0.3 is 10.6 Å². The summed E-state index contributed by atoms with van der Waals surface area (Å²) < 4.78 is 0. The van der Waals surface area contributed by atoms with Gasteiger partial charge in [0.05, 0.1) is 0 Å². The van der Waals surface area contributed by atoms with Gasteiger partial charge in [0.15, 0.2) is 5.96 Å². The molecule has 0 radical (unpaired) electrons. The molecule has 0 aromatic carbocycles. The third-order valence-corrected chi connectivity index (χ3v) is 3.47. The molecular weight excluding hydrogens is 236 g/mol. The molecule has 0 aromatic rings. The molecule has 1 saturated carbocycles. The Labute approximate surface area is 119 Å². The van der Waals surface area contributed by atoms with Gasteiger partial charge in [-0.2, -0.15) is 0 Å². The van der Waals surface area contributed by atoms with Crippen LogP contribution in [-0.2, 0) is 0 Å². The highest BCUT2D eigenvalue weighted by atomic mass is 15.2. The highest BCUT2D eigenvalue weighted by Gasteiger charge is 2.29. The van der Waals surface area contributed by atoms with Crippen LogP contribution in [0.3, 0.4) is 0 Å². The van der Waals surface area contributed by atoms with Crippen molar-refractivity contribution < 1.29 is 0 Å². The van der Waals surface area contributed by atoms with E-state index in [-0.39, 0.29) is 0 Å². The average molecular weight is 268 g/mol. The number of hydrogen-bond donors (Lipinski definition) is 2. The van der Waals surface area contributed by atoms with Crippen molar-refractivity contribution in [3.8, 4) is 0 Å². The van der Waals surface area contributed by atoms with Crippen LogP contribution >= 0.6 is 0 Å². The maximum absolute atomic E-state index is 4.58. The van der Waals surface area contributed by atoms with E-state index in [0.717, 1.165) is 44.6 Å². The lowest BCUT2D eigenvalue weighted by molar-refractivity contribution is 0.215. The number of nitrogens with zero attached hydrogens (tertiary/aromatic N) is 2. The fourth-order valence-electron chi connectivity index (χ4n) is 2.26. The SMILES string of the molecule is CCCCN=C(NCC)NCCN(C(C)C)C1CC1. The largest absolute Gasteiger partial charge is 0.357 e. The van der Waals surface area contributed by atoms with Crippen LogP contribution in [0.4, 0.5) is 0 Å². The molecule has 0 aromatic heterocycles. The molecule has 0 spiro atoms. The van der Waals surface area contributed by atoms with Gasteiger partial charge in [-0.15, -0.1) is 0 Å². The standard InChI is InChI=1S/C15H32N4/c1-5-7-10-17-15(16-6-2)18-11-12-19(13(3)4)14-8-9-14/h13-14H,5-12H2,1-4H3,(H2,16,17,18). The molecule has 0 aliphatic heterocycles. The molecule has 4 heteroatoms. The normalized spacial score (nSPS) is 16.2. The van der Waals surface area contributed by atoms with E-state index >= 15 is 0 Å². The van der Waals surface area contributed by atoms with Gasteiger partial charge in [0.2, 0.25) is 0 Å². The molecule has 4 nitrogen and oxygen atoms in total. The highest BCUT2D eigenvalue weighted by molar-refractivity contribution is 5.79. The molecule has 1 fully saturated rings. The summed E-state index contributed by atoms with van der Waals surface area (Å²) >= 11 is 0. The summed E-state index contributed by atoms with van der Waals surface area (Å²) in [6.07, 6.45) is 5.12. The van der Waals surface area contributed by atoms with E-state index in [1.54, 1.807) is 0 Å². The summed E-state index contributed by atoms with van der Waals surface area (Å²) in [6.45, 7) is 12.8. The van der Waals surface area contributed by atoms with Crippen molar-refractivity contribution in [3.05, 3.63) is 0 Å². The molecule has 0 saturated heterocycles. The number of rotatable bonds is 9. The zero-order valence-electron chi connectivity index (χ0n) is 13.2. The molecule has 0 amide bonds. The van der Waals surface area contributed by atoms with Crippen molar-refractivity contribution in [2.45, 2.75) is 65.5 Å². The van der Waals surface area contributed by atoms with Crippen LogP contribution in [0.15, 0.2) is 4.99 Å². The van der Waals surface area contributed by atoms with Gasteiger partial charge in [0.25, 0.3) is 0 Å². The Hall–Kier alpha value is -0.770. The van der Waals surface area contributed by atoms with Gasteiger partial charge >= 0.3 is 0 Å². The Morgan fingerprint density at radius 2 is 2.00 bits per heavy atom. The summed E-state index contributed by atoms with van der Waals surface area (Å²) in [5.41, 5.74) is 0. The Morgan fingerprint density at radius 3 is 2.53 bits per heavy atom. The number of aliphatic imine (C=N–C) groups is 1. The monoisotopic (exact) mass is 268 g/mol. The minimum atomic E-state index is 0.647. The maximum atomic E-state index is 4.58. The number of hydrogen-bond acceptors (Lipinski definition) is 2. The smallest absolute Gasteiger partial charge is 0.191 e. The van der Waals surface area contributed by atoms with E-state index in [0.29, 0.717) is 6.04 Å². The zero-order chi connectivity index (χ0) is 14.1. The van der Waals surface area contributed by atoms with Crippen molar-refractivity contribution in [2.24, 2.45) is 4.99 Å². The van der Waals surface area contributed by atoms with Crippen LogP contribution in [0.1, 0.15) is 53.4 Å². The minimum absolute atomic E-state index is 0.647. The molecular formula is C15H32N4. The van der Waals surface area contributed by atoms with Crippen LogP contribution in [0.5, 0.6) is 0 Å². The van der Waals surface area contributed by atoms with E-state index in [2.05, 4.69) is 48.2 Å². The maximum Gasteiger partial charge on any atom is 0.191 e. The second-order valence-electron chi connectivity index (χ2n) is 5.60. The first-order valence-electron chi connectivity index (χ1n) is 7.96. The summed E-state index contributed by atoms with van der Waals surface area (Å²) in [6, 6.07) is 1.48. The molecule has 1 aliphatic rings. The highest BCUT2D eigenvalue weighted by Crippen LogP contribution is 2.27. The van der Waals surface area contributed by atoms with Crippen molar-refractivity contribution >= 4 is 5.96 Å². The molecule has 0 heterocycles. The van der Waals surface area contributed by atoms with E-state index in [1.807, 2.05) is 0 Å². The molecule has 0 bridgehead atoms. The lowest BCUT2D eigenvalue weighted by atomic mass is 10.3. The summed E-state index contributed by atoms with van der Waals surface area (Å²) in [5.74, 6) is 0.968. The third kappa shape index (κ3) is 6.81. The van der Waals surface area contributed by atoms with Crippen molar-refractivity contribution in [3.63, 3.8) is 0 Å². The average Bonchev–Trinajstić information content (AvgIpc) is 3.18. The molecule has 19 heavy (non-hydrogen) atoms. The van der Waals surface area contributed by atoms with E-state index in [1.165, 1.54) is 19.3 Å². The fraction of sp³-hybridized carbons (Fsp3) is 0.933. The van der Waals surface area contributed by atoms with Gasteiger partial charge in [-0.05, 0) is 40.0 Å². The van der Waals surface area contributed by atoms with Gasteiger partial charge in [-0.25, -0.2) is 0 Å². The van der Waals surface area contributed by atoms with E-state index < -0.39 is 0 Å². The first kappa shape index (κ1) is 16.3. The predicted molar refractivity (Wildman–Crippen MR) is 83.8 cm³/mol. The first-order valence-corrected chi connectivity index (χ1v) is 7.96. The summed E-state index contributed by atoms with van der Waals surface area (Å²) in [7, 11) is 0. The van der Waals surface area contributed by atoms with Crippen molar-refractivity contribution in [2.75, 3.05) is 26.2 Å². The van der Waals surface area contributed by atoms with Crippen molar-refractivity contribution in [1.29, 1.82) is 0 Å². The van der Waals surface area contributed by atoms with Gasteiger partial charge in [0.1, 0.15) is 0 Å². The lowest BCUT2D eigenvalue weighted by Gasteiger charge is -2.26. The molecule has 2 N–H and O–H groups in total. The zero-order valence-corrected chi connectivity index (χ0v) is 13.2. The number of unbranched alkanes of at least 4 members (excludes halogenated alkanes) is 1. The Balaban J connectivity index is 2.27. The Kier molecular flexibility index (Phi) is 7.87. The molecule has 1 rings (SSSR count). The summed E-state index contributed by atoms with van der Waals surface area (Å²) in [5, 5.41) is 6.75. The first-order chi connectivity index (χ1) is 9.19. The summed E-state index contributed by atoms with van der Waals surface area (Å²) in [4.78, 5) is 7.18. The predicted octanol–water partition coefficient (Wildman–Crippen LogP) is 2.21. The second kappa shape index (κ2) is 9.18. The van der Waals surface area contributed by atoms with Gasteiger partial charge in [0, 0.05) is 38.3 Å². The molecule has 112 valence electrons. The van der Waals surface area contributed by atoms with Gasteiger partial charge in [-0.3, -0.25) is 9.89 Å². The van der Waals surface area contributed by atoms with Crippen LogP contribution in [0, 0.1) is 0 Å². The van der Waals surface area contributed by atoms with Crippen LogP contribution in [-0.4, -0.2) is 49.1 Å². The number of guanidine groups is 1. The Morgan fingerprint density at radius 1 is 1.26 bits per heavy atom. The molecule has 0 atom stereocenters. The molecule has 0 unspecified atom stereocenters. The third-order valence-electron chi connectivity index (χ3n) is 3.47. The lowest BCUT2D eigenvalue weighted by Crippen LogP contribution is -2.43. The quantitative estimate of drug-likeness (QED) is 0.383. The number of nitrogens with one attached hydrogen (secondary N) is 2. The van der Waals surface area contributed by atoms with Crippen LogP contribution < -0.4 is 10.6 Å². The minimum Gasteiger partial charge on any atom is -0.357 e. The topological polar surface area (TPSA) is 39.7 Å². The van der Waals surface area contributed by atoms with Crippen molar-refractivity contribution in [1.82, 2.24) is 15.5 Å². The molecule has 1 aliphatic carbocycles. The van der Waals surface area contributed by atoms with Gasteiger partial charge in [-0.1, -0.05) is 13.3 Å².